The predicted molar refractivity (Wildman–Crippen MR) is 75.4 cm³/mol. The lowest BCUT2D eigenvalue weighted by Crippen LogP contribution is -2.17. The van der Waals surface area contributed by atoms with E-state index < -0.39 is 6.36 Å². The summed E-state index contributed by atoms with van der Waals surface area (Å²) in [6.07, 6.45) is -2.55. The first-order valence-corrected chi connectivity index (χ1v) is 6.57. The van der Waals surface area contributed by atoms with Crippen LogP contribution in [0.2, 0.25) is 0 Å². The van der Waals surface area contributed by atoms with E-state index in [1.165, 1.54) is 12.1 Å². The van der Waals surface area contributed by atoms with E-state index in [4.69, 9.17) is 11.0 Å². The molecule has 2 aromatic rings. The Kier molecular flexibility index (Phi) is 4.90. The predicted octanol–water partition coefficient (Wildman–Crippen LogP) is 2.20. The Balaban J connectivity index is 1.79. The molecule has 0 saturated heterocycles. The van der Waals surface area contributed by atoms with Gasteiger partial charge in [0, 0.05) is 6.54 Å². The van der Waals surface area contributed by atoms with Gasteiger partial charge in [-0.1, -0.05) is 0 Å². The Bertz CT molecular complexity index is 689. The fourth-order valence-corrected chi connectivity index (χ4v) is 1.86. The molecular formula is C13H13F3N6O. The zero-order valence-electron chi connectivity index (χ0n) is 11.8. The number of rotatable bonds is 6. The van der Waals surface area contributed by atoms with Gasteiger partial charge in [0.25, 0.3) is 0 Å². The van der Waals surface area contributed by atoms with Crippen LogP contribution in [-0.2, 0) is 6.42 Å². The number of aromatic nitrogens is 3. The molecule has 7 nitrogen and oxygen atoms in total. The summed E-state index contributed by atoms with van der Waals surface area (Å²) in [5, 5.41) is 18.3. The average molecular weight is 326 g/mol. The van der Waals surface area contributed by atoms with Crippen LogP contribution in [0.25, 0.3) is 0 Å². The summed E-state index contributed by atoms with van der Waals surface area (Å²) in [6, 6.07) is 4.53. The number of hydrogen-bond acceptors (Lipinski definition) is 6. The Morgan fingerprint density at radius 2 is 2.17 bits per heavy atom. The van der Waals surface area contributed by atoms with Crippen molar-refractivity contribution in [3.8, 4) is 11.8 Å². The molecule has 0 aromatic carbocycles. The monoisotopic (exact) mass is 326 g/mol. The van der Waals surface area contributed by atoms with Crippen LogP contribution in [0.3, 0.4) is 0 Å². The van der Waals surface area contributed by atoms with Crippen molar-refractivity contribution < 1.29 is 17.9 Å². The highest BCUT2D eigenvalue weighted by Gasteiger charge is 2.31. The van der Waals surface area contributed by atoms with Gasteiger partial charge < -0.3 is 15.8 Å². The molecule has 0 aliphatic heterocycles. The van der Waals surface area contributed by atoms with Crippen LogP contribution >= 0.6 is 0 Å². The minimum Gasteiger partial charge on any atom is -0.404 e. The molecule has 23 heavy (non-hydrogen) atoms. The average Bonchev–Trinajstić information content (AvgIpc) is 2.84. The smallest absolute Gasteiger partial charge is 0.404 e. The highest BCUT2D eigenvalue weighted by molar-refractivity contribution is 5.50. The molecule has 0 amide bonds. The van der Waals surface area contributed by atoms with E-state index in [0.717, 1.165) is 6.20 Å². The minimum atomic E-state index is -4.74. The van der Waals surface area contributed by atoms with E-state index in [0.29, 0.717) is 36.5 Å². The Morgan fingerprint density at radius 3 is 2.78 bits per heavy atom. The maximum absolute atomic E-state index is 12.0. The third-order valence-electron chi connectivity index (χ3n) is 2.86. The van der Waals surface area contributed by atoms with Crippen molar-refractivity contribution >= 4 is 11.6 Å². The highest BCUT2D eigenvalue weighted by Crippen LogP contribution is 2.22. The fourth-order valence-electron chi connectivity index (χ4n) is 1.86. The summed E-state index contributed by atoms with van der Waals surface area (Å²) in [6.45, 7) is 0.510. The van der Waals surface area contributed by atoms with Gasteiger partial charge in [-0.25, -0.2) is 4.98 Å². The van der Waals surface area contributed by atoms with Crippen molar-refractivity contribution in [2.24, 2.45) is 0 Å². The van der Waals surface area contributed by atoms with Crippen LogP contribution in [0, 0.1) is 11.3 Å². The maximum atomic E-state index is 12.0. The van der Waals surface area contributed by atoms with Gasteiger partial charge in [0.2, 0.25) is 0 Å². The molecule has 2 aromatic heterocycles. The van der Waals surface area contributed by atoms with Crippen molar-refractivity contribution in [2.75, 3.05) is 17.6 Å². The number of nitriles is 1. The number of nitrogens with zero attached hydrogens (tertiary/aromatic N) is 3. The van der Waals surface area contributed by atoms with Gasteiger partial charge in [-0.2, -0.15) is 10.4 Å². The molecule has 2 rings (SSSR count). The Hall–Kier alpha value is -2.96. The van der Waals surface area contributed by atoms with Crippen LogP contribution in [-0.4, -0.2) is 28.1 Å². The number of hydrogen-bond donors (Lipinski definition) is 3. The fraction of sp³-hybridized carbons (Fsp3) is 0.308. The third-order valence-corrected chi connectivity index (χ3v) is 2.86. The van der Waals surface area contributed by atoms with Crippen LogP contribution in [0.5, 0.6) is 5.75 Å². The summed E-state index contributed by atoms with van der Waals surface area (Å²) >= 11 is 0. The first-order chi connectivity index (χ1) is 10.9. The molecule has 122 valence electrons. The van der Waals surface area contributed by atoms with Gasteiger partial charge in [0.15, 0.2) is 5.82 Å². The lowest BCUT2D eigenvalue weighted by atomic mass is 10.1. The minimum absolute atomic E-state index is 0.164. The molecule has 10 heteroatoms. The number of aryl methyl sites for hydroxylation is 1. The number of aromatic amines is 1. The van der Waals surface area contributed by atoms with Crippen LogP contribution < -0.4 is 15.8 Å². The topological polar surface area (TPSA) is 113 Å². The molecule has 0 unspecified atom stereocenters. The number of ether oxygens (including phenoxy) is 1. The molecule has 0 atom stereocenters. The molecule has 0 spiro atoms. The molecule has 0 saturated carbocycles. The molecule has 4 N–H and O–H groups in total. The summed E-state index contributed by atoms with van der Waals surface area (Å²) in [7, 11) is 0. The van der Waals surface area contributed by atoms with Crippen molar-refractivity contribution in [3.63, 3.8) is 0 Å². The molecule has 0 aliphatic rings. The van der Waals surface area contributed by atoms with Crippen molar-refractivity contribution in [2.45, 2.75) is 19.2 Å². The highest BCUT2D eigenvalue weighted by atomic mass is 19.4. The SMILES string of the molecule is N#Cc1c(N)n[nH]c1CCCNc1ccc(OC(F)(F)F)cn1. The second kappa shape index (κ2) is 6.87. The van der Waals surface area contributed by atoms with Gasteiger partial charge in [-0.3, -0.25) is 5.10 Å². The molecule has 0 fully saturated rings. The van der Waals surface area contributed by atoms with Gasteiger partial charge in [-0.05, 0) is 25.0 Å². The Morgan fingerprint density at radius 1 is 1.39 bits per heavy atom. The molecule has 0 radical (unpaired) electrons. The second-order valence-electron chi connectivity index (χ2n) is 4.53. The summed E-state index contributed by atoms with van der Waals surface area (Å²) in [4.78, 5) is 3.82. The molecule has 2 heterocycles. The quantitative estimate of drug-likeness (QED) is 0.702. The summed E-state index contributed by atoms with van der Waals surface area (Å²) in [5.41, 5.74) is 6.50. The zero-order valence-corrected chi connectivity index (χ0v) is 11.8. The van der Waals surface area contributed by atoms with Gasteiger partial charge in [0.1, 0.15) is 23.2 Å². The number of nitrogens with one attached hydrogen (secondary N) is 2. The van der Waals surface area contributed by atoms with Gasteiger partial charge >= 0.3 is 6.36 Å². The van der Waals surface area contributed by atoms with Crippen molar-refractivity contribution in [1.82, 2.24) is 15.2 Å². The van der Waals surface area contributed by atoms with E-state index in [1.807, 2.05) is 6.07 Å². The number of anilines is 2. The lowest BCUT2D eigenvalue weighted by Gasteiger charge is -2.09. The standard InChI is InChI=1S/C13H13F3N6O/c14-13(15,16)23-8-3-4-11(20-7-8)19-5-1-2-10-9(6-17)12(18)22-21-10/h3-4,7H,1-2,5H2,(H,19,20)(H3,18,21,22). The van der Waals surface area contributed by atoms with Crippen LogP contribution in [0.15, 0.2) is 18.3 Å². The Labute approximate surface area is 129 Å². The van der Waals surface area contributed by atoms with Crippen molar-refractivity contribution in [3.05, 3.63) is 29.6 Å². The van der Waals surface area contributed by atoms with Gasteiger partial charge in [0.05, 0.1) is 11.9 Å². The number of alkyl halides is 3. The molecule has 0 bridgehead atoms. The van der Waals surface area contributed by atoms with E-state index in [9.17, 15) is 13.2 Å². The lowest BCUT2D eigenvalue weighted by molar-refractivity contribution is -0.274. The van der Waals surface area contributed by atoms with E-state index in [-0.39, 0.29) is 11.6 Å². The number of pyridine rings is 1. The first kappa shape index (κ1) is 16.4. The number of nitrogens with two attached hydrogens (primary N) is 1. The maximum Gasteiger partial charge on any atom is 0.573 e. The first-order valence-electron chi connectivity index (χ1n) is 6.57. The van der Waals surface area contributed by atoms with E-state index in [2.05, 4.69) is 25.2 Å². The summed E-state index contributed by atoms with van der Waals surface area (Å²) in [5.74, 6) is 0.205. The zero-order chi connectivity index (χ0) is 16.9. The second-order valence-corrected chi connectivity index (χ2v) is 4.53. The largest absolute Gasteiger partial charge is 0.573 e. The van der Waals surface area contributed by atoms with Crippen molar-refractivity contribution in [1.29, 1.82) is 5.26 Å². The third kappa shape index (κ3) is 4.77. The number of halogens is 3. The molecular weight excluding hydrogens is 313 g/mol. The number of nitrogen functional groups attached to an aromatic ring is 1. The van der Waals surface area contributed by atoms with Gasteiger partial charge in [-0.15, -0.1) is 13.2 Å². The van der Waals surface area contributed by atoms with E-state index in [1.54, 1.807) is 0 Å². The van der Waals surface area contributed by atoms with Crippen LogP contribution in [0.4, 0.5) is 24.8 Å². The van der Waals surface area contributed by atoms with Crippen LogP contribution in [0.1, 0.15) is 17.7 Å². The summed E-state index contributed by atoms with van der Waals surface area (Å²) < 4.78 is 39.8. The number of H-pyrrole nitrogens is 1. The normalized spacial score (nSPS) is 11.0. The molecule has 0 aliphatic carbocycles. The van der Waals surface area contributed by atoms with E-state index >= 15 is 0 Å².